The van der Waals surface area contributed by atoms with Crippen molar-refractivity contribution in [3.05, 3.63) is 0 Å². The largest absolute Gasteiger partial charge is 0.368 e. The fourth-order valence-corrected chi connectivity index (χ4v) is 1.56. The van der Waals surface area contributed by atoms with Crippen molar-refractivity contribution in [2.45, 2.75) is 19.0 Å². The van der Waals surface area contributed by atoms with E-state index >= 15 is 0 Å². The first-order valence-corrected chi connectivity index (χ1v) is 6.39. The average Bonchev–Trinajstić information content (AvgIpc) is 2.27. The average molecular weight is 262 g/mol. The summed E-state index contributed by atoms with van der Waals surface area (Å²) < 4.78 is 0. The Morgan fingerprint density at radius 3 is 2.29 bits per heavy atom. The lowest BCUT2D eigenvalue weighted by Gasteiger charge is -2.19. The predicted octanol–water partition coefficient (Wildman–Crippen LogP) is -2.22. The number of carbonyl (C=O) groups is 3. The molecule has 0 rings (SSSR count). The van der Waals surface area contributed by atoms with Crippen LogP contribution in [0, 0.1) is 0 Å². The zero-order chi connectivity index (χ0) is 13.4. The lowest BCUT2D eigenvalue weighted by Crippen LogP contribution is -2.53. The van der Waals surface area contributed by atoms with E-state index in [2.05, 4.69) is 10.6 Å². The number of nitrogens with two attached hydrogens (primary N) is 2. The number of hydrogen-bond donors (Lipinski definition) is 4. The molecule has 0 heterocycles. The number of primary amides is 1. The minimum atomic E-state index is -0.776. The summed E-state index contributed by atoms with van der Waals surface area (Å²) in [4.78, 5) is 33.6. The molecular weight excluding hydrogens is 244 g/mol. The second-order valence-corrected chi connectivity index (χ2v) is 4.32. The van der Waals surface area contributed by atoms with Gasteiger partial charge in [-0.25, -0.2) is 0 Å². The van der Waals surface area contributed by atoms with Gasteiger partial charge in [0.15, 0.2) is 0 Å². The Morgan fingerprint density at radius 2 is 1.88 bits per heavy atom. The van der Waals surface area contributed by atoms with Crippen LogP contribution < -0.4 is 22.1 Å². The molecule has 0 aliphatic heterocycles. The number of nitrogens with one attached hydrogen (secondary N) is 2. The molecule has 0 aromatic carbocycles. The molecule has 0 unspecified atom stereocenters. The van der Waals surface area contributed by atoms with Gasteiger partial charge in [0.2, 0.25) is 17.7 Å². The molecule has 98 valence electrons. The molecule has 0 aromatic heterocycles. The van der Waals surface area contributed by atoms with Gasteiger partial charge in [-0.2, -0.15) is 11.8 Å². The standard InChI is InChI=1S/C9H18N4O3S/c1-5(8(11)15)12-9(16)6(4-17-2)13-7(14)3-10/h5-6H,3-4,10H2,1-2H3,(H2,11,15)(H,12,16)(H,13,14)/t5-,6-/m0/s1. The Morgan fingerprint density at radius 1 is 1.29 bits per heavy atom. The summed E-state index contributed by atoms with van der Waals surface area (Å²) in [5.41, 5.74) is 10.2. The first-order chi connectivity index (χ1) is 7.92. The Kier molecular flexibility index (Phi) is 7.31. The van der Waals surface area contributed by atoms with Gasteiger partial charge in [0, 0.05) is 5.75 Å². The monoisotopic (exact) mass is 262 g/mol. The number of rotatable bonds is 7. The van der Waals surface area contributed by atoms with Crippen LogP contribution in [-0.2, 0) is 14.4 Å². The molecule has 0 radical (unpaired) electrons. The normalized spacial score (nSPS) is 13.6. The molecule has 0 aliphatic carbocycles. The highest BCUT2D eigenvalue weighted by molar-refractivity contribution is 7.98. The molecule has 3 amide bonds. The highest BCUT2D eigenvalue weighted by Gasteiger charge is 2.22. The van der Waals surface area contributed by atoms with E-state index in [1.165, 1.54) is 18.7 Å². The van der Waals surface area contributed by atoms with Gasteiger partial charge in [-0.15, -0.1) is 0 Å². The van der Waals surface area contributed by atoms with E-state index in [1.54, 1.807) is 6.26 Å². The maximum absolute atomic E-state index is 11.7. The van der Waals surface area contributed by atoms with Gasteiger partial charge in [-0.05, 0) is 13.2 Å². The highest BCUT2D eigenvalue weighted by Crippen LogP contribution is 1.98. The predicted molar refractivity (Wildman–Crippen MR) is 66.2 cm³/mol. The van der Waals surface area contributed by atoms with Crippen LogP contribution in [0.3, 0.4) is 0 Å². The van der Waals surface area contributed by atoms with Crippen LogP contribution >= 0.6 is 11.8 Å². The molecule has 0 aromatic rings. The second-order valence-electron chi connectivity index (χ2n) is 3.41. The van der Waals surface area contributed by atoms with Crippen LogP contribution in [0.2, 0.25) is 0 Å². The maximum atomic E-state index is 11.7. The van der Waals surface area contributed by atoms with E-state index in [4.69, 9.17) is 11.5 Å². The molecule has 0 saturated heterocycles. The first-order valence-electron chi connectivity index (χ1n) is 5.00. The number of hydrogen-bond acceptors (Lipinski definition) is 5. The van der Waals surface area contributed by atoms with Gasteiger partial charge >= 0.3 is 0 Å². The molecule has 0 fully saturated rings. The van der Waals surface area contributed by atoms with Gasteiger partial charge in [0.05, 0.1) is 6.54 Å². The summed E-state index contributed by atoms with van der Waals surface area (Å²) in [5, 5.41) is 4.87. The van der Waals surface area contributed by atoms with Crippen LogP contribution in [0.5, 0.6) is 0 Å². The van der Waals surface area contributed by atoms with E-state index in [0.29, 0.717) is 5.75 Å². The Bertz CT molecular complexity index is 298. The Labute approximate surface area is 104 Å². The quantitative estimate of drug-likeness (QED) is 0.413. The fourth-order valence-electron chi connectivity index (χ4n) is 0.988. The first kappa shape index (κ1) is 15.7. The van der Waals surface area contributed by atoms with E-state index in [1.807, 2.05) is 0 Å². The molecular formula is C9H18N4O3S. The zero-order valence-electron chi connectivity index (χ0n) is 9.86. The SMILES string of the molecule is CSC[C@H](NC(=O)CN)C(=O)N[C@@H](C)C(N)=O. The van der Waals surface area contributed by atoms with Gasteiger partial charge in [-0.1, -0.05) is 0 Å². The van der Waals surface area contributed by atoms with Crippen molar-refractivity contribution >= 4 is 29.5 Å². The third-order valence-electron chi connectivity index (χ3n) is 1.96. The van der Waals surface area contributed by atoms with Crippen molar-refractivity contribution in [3.8, 4) is 0 Å². The summed E-state index contributed by atoms with van der Waals surface area (Å²) in [6.45, 7) is 1.28. The summed E-state index contributed by atoms with van der Waals surface area (Å²) in [5.74, 6) is -1.12. The van der Waals surface area contributed by atoms with Crippen molar-refractivity contribution in [2.24, 2.45) is 11.5 Å². The number of thioether (sulfide) groups is 1. The summed E-state index contributed by atoms with van der Waals surface area (Å²) in [6, 6.07) is -1.50. The number of carbonyl (C=O) groups excluding carboxylic acids is 3. The topological polar surface area (TPSA) is 127 Å². The van der Waals surface area contributed by atoms with Gasteiger partial charge < -0.3 is 22.1 Å². The second kappa shape index (κ2) is 7.91. The van der Waals surface area contributed by atoms with Gasteiger partial charge in [0.25, 0.3) is 0 Å². The summed E-state index contributed by atoms with van der Waals surface area (Å²) >= 11 is 1.39. The minimum Gasteiger partial charge on any atom is -0.368 e. The third-order valence-corrected chi connectivity index (χ3v) is 2.62. The van der Waals surface area contributed by atoms with E-state index in [-0.39, 0.29) is 6.54 Å². The minimum absolute atomic E-state index is 0.191. The van der Waals surface area contributed by atoms with Crippen molar-refractivity contribution in [2.75, 3.05) is 18.6 Å². The number of amides is 3. The maximum Gasteiger partial charge on any atom is 0.244 e. The van der Waals surface area contributed by atoms with Crippen molar-refractivity contribution in [1.29, 1.82) is 0 Å². The van der Waals surface area contributed by atoms with Crippen LogP contribution in [0.4, 0.5) is 0 Å². The molecule has 8 heteroatoms. The van der Waals surface area contributed by atoms with Crippen LogP contribution in [0.1, 0.15) is 6.92 Å². The molecule has 0 bridgehead atoms. The van der Waals surface area contributed by atoms with Crippen molar-refractivity contribution < 1.29 is 14.4 Å². The van der Waals surface area contributed by atoms with E-state index < -0.39 is 29.8 Å². The summed E-state index contributed by atoms with van der Waals surface area (Å²) in [7, 11) is 0. The van der Waals surface area contributed by atoms with Gasteiger partial charge in [0.1, 0.15) is 12.1 Å². The molecule has 0 aliphatic rings. The molecule has 6 N–H and O–H groups in total. The molecule has 2 atom stereocenters. The van der Waals surface area contributed by atoms with Crippen molar-refractivity contribution in [1.82, 2.24) is 10.6 Å². The Hall–Kier alpha value is -1.28. The molecule has 0 spiro atoms. The zero-order valence-corrected chi connectivity index (χ0v) is 10.7. The van der Waals surface area contributed by atoms with Crippen LogP contribution in [0.25, 0.3) is 0 Å². The van der Waals surface area contributed by atoms with Crippen LogP contribution in [0.15, 0.2) is 0 Å². The lowest BCUT2D eigenvalue weighted by atomic mass is 10.2. The van der Waals surface area contributed by atoms with Crippen molar-refractivity contribution in [3.63, 3.8) is 0 Å². The highest BCUT2D eigenvalue weighted by atomic mass is 32.2. The smallest absolute Gasteiger partial charge is 0.244 e. The van der Waals surface area contributed by atoms with Crippen LogP contribution in [-0.4, -0.2) is 48.4 Å². The molecule has 17 heavy (non-hydrogen) atoms. The molecule has 0 saturated carbocycles. The lowest BCUT2D eigenvalue weighted by molar-refractivity contribution is -0.130. The molecule has 7 nitrogen and oxygen atoms in total. The Balaban J connectivity index is 4.43. The van der Waals surface area contributed by atoms with Gasteiger partial charge in [-0.3, -0.25) is 14.4 Å². The van der Waals surface area contributed by atoms with E-state index in [9.17, 15) is 14.4 Å². The summed E-state index contributed by atoms with van der Waals surface area (Å²) in [6.07, 6.45) is 1.80. The third kappa shape index (κ3) is 6.12. The van der Waals surface area contributed by atoms with E-state index in [0.717, 1.165) is 0 Å². The fraction of sp³-hybridized carbons (Fsp3) is 0.667.